The van der Waals surface area contributed by atoms with Crippen molar-refractivity contribution >= 4 is 17.1 Å². The van der Waals surface area contributed by atoms with Crippen molar-refractivity contribution in [2.45, 2.75) is 26.1 Å². The van der Waals surface area contributed by atoms with Crippen LogP contribution in [0.1, 0.15) is 30.1 Å². The summed E-state index contributed by atoms with van der Waals surface area (Å²) < 4.78 is 60.2. The van der Waals surface area contributed by atoms with Crippen molar-refractivity contribution in [1.29, 1.82) is 0 Å². The topological polar surface area (TPSA) is 109 Å². The van der Waals surface area contributed by atoms with Gasteiger partial charge in [0.15, 0.2) is 23.0 Å². The molecule has 2 aromatic heterocycles. The fourth-order valence-corrected chi connectivity index (χ4v) is 2.83. The van der Waals surface area contributed by atoms with Gasteiger partial charge in [-0.3, -0.25) is 9.78 Å². The minimum atomic E-state index is -5.11. The Bertz CT molecular complexity index is 1280. The highest BCUT2D eigenvalue weighted by molar-refractivity contribution is 5.95. The SMILES string of the molecule is C=C(/C=C(\CCC)Oc1ccnc2[nH]c(=O)[nH]c12)NC(=O)c1ccc(F)c(OC(F)(F)F)c1. The van der Waals surface area contributed by atoms with Gasteiger partial charge in [0.2, 0.25) is 0 Å². The van der Waals surface area contributed by atoms with Crippen LogP contribution in [-0.2, 0) is 0 Å². The van der Waals surface area contributed by atoms with Crippen LogP contribution in [0.4, 0.5) is 17.6 Å². The van der Waals surface area contributed by atoms with Crippen LogP contribution in [0.2, 0.25) is 0 Å². The van der Waals surface area contributed by atoms with Gasteiger partial charge in [-0.1, -0.05) is 13.5 Å². The third kappa shape index (κ3) is 6.21. The van der Waals surface area contributed by atoms with E-state index in [1.54, 1.807) is 0 Å². The number of aromatic amines is 2. The molecule has 0 bridgehead atoms. The van der Waals surface area contributed by atoms with Gasteiger partial charge in [-0.15, -0.1) is 13.2 Å². The lowest BCUT2D eigenvalue weighted by Crippen LogP contribution is -2.23. The van der Waals surface area contributed by atoms with Crippen LogP contribution in [0.5, 0.6) is 11.5 Å². The number of hydrogen-bond donors (Lipinski definition) is 3. The van der Waals surface area contributed by atoms with Crippen molar-refractivity contribution in [2.24, 2.45) is 0 Å². The molecular weight excluding hydrogens is 448 g/mol. The van der Waals surface area contributed by atoms with Crippen molar-refractivity contribution in [3.63, 3.8) is 0 Å². The molecule has 0 saturated carbocycles. The first kappa shape index (κ1) is 23.6. The number of amides is 1. The zero-order valence-electron chi connectivity index (χ0n) is 17.2. The molecule has 8 nitrogen and oxygen atoms in total. The van der Waals surface area contributed by atoms with Gasteiger partial charge in [0, 0.05) is 29.9 Å². The molecule has 0 saturated heterocycles. The molecule has 3 aromatic rings. The lowest BCUT2D eigenvalue weighted by molar-refractivity contribution is -0.275. The molecule has 2 heterocycles. The number of pyridine rings is 1. The first-order valence-corrected chi connectivity index (χ1v) is 9.56. The second kappa shape index (κ2) is 9.59. The van der Waals surface area contributed by atoms with E-state index in [2.05, 4.69) is 31.6 Å². The van der Waals surface area contributed by atoms with Gasteiger partial charge in [-0.25, -0.2) is 14.2 Å². The number of hydrogen-bond acceptors (Lipinski definition) is 5. The van der Waals surface area contributed by atoms with Gasteiger partial charge in [-0.05, 0) is 30.7 Å². The molecule has 174 valence electrons. The van der Waals surface area contributed by atoms with Crippen LogP contribution in [-0.4, -0.2) is 27.2 Å². The van der Waals surface area contributed by atoms with E-state index in [0.29, 0.717) is 47.6 Å². The highest BCUT2D eigenvalue weighted by Gasteiger charge is 2.32. The molecule has 0 aliphatic rings. The second-order valence-electron chi connectivity index (χ2n) is 6.75. The Morgan fingerprint density at radius 1 is 1.24 bits per heavy atom. The third-order valence-corrected chi connectivity index (χ3v) is 4.15. The lowest BCUT2D eigenvalue weighted by atomic mass is 10.2. The minimum absolute atomic E-state index is 0.0685. The number of alkyl halides is 3. The van der Waals surface area contributed by atoms with E-state index in [0.717, 1.165) is 6.07 Å². The average Bonchev–Trinajstić information content (AvgIpc) is 3.10. The molecule has 3 rings (SSSR count). The molecule has 1 amide bonds. The number of imidazole rings is 1. The number of aromatic nitrogens is 3. The molecule has 0 aliphatic heterocycles. The zero-order valence-corrected chi connectivity index (χ0v) is 17.2. The van der Waals surface area contributed by atoms with Gasteiger partial charge in [0.05, 0.1) is 0 Å². The summed E-state index contributed by atoms with van der Waals surface area (Å²) in [6.07, 6.45) is -1.14. The number of H-pyrrole nitrogens is 2. The average molecular weight is 466 g/mol. The Kier molecular flexibility index (Phi) is 6.85. The maximum atomic E-state index is 13.6. The number of allylic oxidation sites excluding steroid dienone is 2. The van der Waals surface area contributed by atoms with Gasteiger partial charge in [-0.2, -0.15) is 0 Å². The van der Waals surface area contributed by atoms with E-state index in [9.17, 15) is 27.2 Å². The van der Waals surface area contributed by atoms with Gasteiger partial charge < -0.3 is 19.8 Å². The van der Waals surface area contributed by atoms with E-state index < -0.39 is 29.5 Å². The maximum absolute atomic E-state index is 13.6. The Morgan fingerprint density at radius 3 is 2.70 bits per heavy atom. The van der Waals surface area contributed by atoms with Crippen LogP contribution in [0.25, 0.3) is 11.2 Å². The quantitative estimate of drug-likeness (QED) is 0.261. The van der Waals surface area contributed by atoms with Crippen LogP contribution >= 0.6 is 0 Å². The van der Waals surface area contributed by atoms with Gasteiger partial charge in [0.1, 0.15) is 11.3 Å². The molecule has 0 unspecified atom stereocenters. The summed E-state index contributed by atoms with van der Waals surface area (Å²) in [6.45, 7) is 5.59. The number of carbonyl (C=O) groups is 1. The first-order chi connectivity index (χ1) is 15.6. The summed E-state index contributed by atoms with van der Waals surface area (Å²) in [4.78, 5) is 33.0. The second-order valence-corrected chi connectivity index (χ2v) is 6.75. The summed E-state index contributed by atoms with van der Waals surface area (Å²) in [5.74, 6) is -2.54. The van der Waals surface area contributed by atoms with Crippen LogP contribution in [0.3, 0.4) is 0 Å². The Morgan fingerprint density at radius 2 is 2.00 bits per heavy atom. The molecule has 1 aromatic carbocycles. The number of rotatable bonds is 8. The fourth-order valence-electron chi connectivity index (χ4n) is 2.83. The van der Waals surface area contributed by atoms with Crippen molar-refractivity contribution in [1.82, 2.24) is 20.3 Å². The molecule has 0 radical (unpaired) electrons. The number of nitrogens with zero attached hydrogens (tertiary/aromatic N) is 1. The predicted octanol–water partition coefficient (Wildman–Crippen LogP) is 4.30. The van der Waals surface area contributed by atoms with Crippen molar-refractivity contribution in [2.75, 3.05) is 0 Å². The number of benzene rings is 1. The molecule has 0 fully saturated rings. The summed E-state index contributed by atoms with van der Waals surface area (Å²) in [5.41, 5.74) is -0.0152. The van der Waals surface area contributed by atoms with E-state index in [1.807, 2.05) is 6.92 Å². The monoisotopic (exact) mass is 466 g/mol. The Balaban J connectivity index is 1.77. The zero-order chi connectivity index (χ0) is 24.2. The minimum Gasteiger partial charge on any atom is -0.459 e. The summed E-state index contributed by atoms with van der Waals surface area (Å²) >= 11 is 0. The Labute approximate surface area is 183 Å². The first-order valence-electron chi connectivity index (χ1n) is 9.56. The summed E-state index contributed by atoms with van der Waals surface area (Å²) in [6, 6.07) is 3.86. The number of halogens is 4. The van der Waals surface area contributed by atoms with E-state index in [-0.39, 0.29) is 11.3 Å². The number of ether oxygens (including phenoxy) is 2. The van der Waals surface area contributed by atoms with Crippen LogP contribution < -0.4 is 20.5 Å². The highest BCUT2D eigenvalue weighted by atomic mass is 19.4. The van der Waals surface area contributed by atoms with Crippen LogP contribution in [0, 0.1) is 5.82 Å². The van der Waals surface area contributed by atoms with E-state index >= 15 is 0 Å². The lowest BCUT2D eigenvalue weighted by Gasteiger charge is -2.13. The number of nitrogens with one attached hydrogen (secondary N) is 3. The molecular formula is C21H18F4N4O4. The summed E-state index contributed by atoms with van der Waals surface area (Å²) in [7, 11) is 0. The number of fused-ring (bicyclic) bond motifs is 1. The molecule has 3 N–H and O–H groups in total. The van der Waals surface area contributed by atoms with Crippen molar-refractivity contribution in [3.05, 3.63) is 76.4 Å². The van der Waals surface area contributed by atoms with Gasteiger partial charge >= 0.3 is 12.1 Å². The summed E-state index contributed by atoms with van der Waals surface area (Å²) in [5, 5.41) is 2.40. The molecule has 0 atom stereocenters. The Hall–Kier alpha value is -4.09. The number of carbonyl (C=O) groups excluding carboxylic acids is 1. The fraction of sp³-hybridized carbons (Fsp3) is 0.190. The van der Waals surface area contributed by atoms with Crippen molar-refractivity contribution < 1.29 is 31.8 Å². The smallest absolute Gasteiger partial charge is 0.459 e. The van der Waals surface area contributed by atoms with E-state index in [1.165, 1.54) is 18.3 Å². The maximum Gasteiger partial charge on any atom is 0.573 e. The standard InChI is InChI=1S/C21H18F4N4O4/c1-3-4-13(32-15-7-8-26-18-17(15)28-20(31)29-18)9-11(2)27-19(30)12-5-6-14(22)16(10-12)33-21(23,24)25/h5-10H,2-4H2,1H3,(H,27,30)(H2,26,28,29,31)/b13-9+. The molecule has 33 heavy (non-hydrogen) atoms. The van der Waals surface area contributed by atoms with Gasteiger partial charge in [0.25, 0.3) is 5.91 Å². The normalized spacial score (nSPS) is 12.0. The molecule has 0 spiro atoms. The molecule has 0 aliphatic carbocycles. The third-order valence-electron chi connectivity index (χ3n) is 4.15. The predicted molar refractivity (Wildman–Crippen MR) is 110 cm³/mol. The largest absolute Gasteiger partial charge is 0.573 e. The van der Waals surface area contributed by atoms with Crippen LogP contribution in [0.15, 0.2) is 59.4 Å². The molecule has 12 heteroatoms. The van der Waals surface area contributed by atoms with E-state index in [4.69, 9.17) is 4.74 Å². The van der Waals surface area contributed by atoms with Crippen molar-refractivity contribution in [3.8, 4) is 11.5 Å². The highest BCUT2D eigenvalue weighted by Crippen LogP contribution is 2.27.